The highest BCUT2D eigenvalue weighted by molar-refractivity contribution is 6.29. The van der Waals surface area contributed by atoms with Gasteiger partial charge in [0.1, 0.15) is 5.15 Å². The quantitative estimate of drug-likeness (QED) is 0.804. The van der Waals surface area contributed by atoms with Crippen molar-refractivity contribution >= 4 is 11.6 Å². The van der Waals surface area contributed by atoms with Crippen molar-refractivity contribution in [3.63, 3.8) is 0 Å². The van der Waals surface area contributed by atoms with Crippen molar-refractivity contribution in [1.29, 1.82) is 0 Å². The highest BCUT2D eigenvalue weighted by Crippen LogP contribution is 2.22. The van der Waals surface area contributed by atoms with E-state index < -0.39 is 0 Å². The second-order valence-electron chi connectivity index (χ2n) is 4.36. The summed E-state index contributed by atoms with van der Waals surface area (Å²) in [4.78, 5) is 13.8. The third kappa shape index (κ3) is 2.77. The molecule has 0 aliphatic carbocycles. The van der Waals surface area contributed by atoms with Crippen molar-refractivity contribution in [3.05, 3.63) is 57.5 Å². The maximum Gasteiger partial charge on any atom is 0.249 e. The lowest BCUT2D eigenvalue weighted by Gasteiger charge is -2.07. The minimum Gasteiger partial charge on any atom is -0.313 e. The van der Waals surface area contributed by atoms with Gasteiger partial charge in [-0.3, -0.25) is 4.79 Å². The zero-order valence-electron chi connectivity index (χ0n) is 9.83. The van der Waals surface area contributed by atoms with Crippen LogP contribution >= 0.6 is 11.6 Å². The molecule has 1 N–H and O–H groups in total. The summed E-state index contributed by atoms with van der Waals surface area (Å²) in [5.74, 6) is 0.506. The van der Waals surface area contributed by atoms with Gasteiger partial charge >= 0.3 is 0 Å². The second-order valence-corrected chi connectivity index (χ2v) is 4.77. The highest BCUT2D eigenvalue weighted by atomic mass is 35.5. The lowest BCUT2D eigenvalue weighted by molar-refractivity contribution is 0.867. The topological polar surface area (TPSA) is 32.9 Å². The number of hydrogen-bond acceptors (Lipinski definition) is 1. The molecule has 0 saturated heterocycles. The second kappa shape index (κ2) is 4.76. The molecule has 0 aliphatic rings. The van der Waals surface area contributed by atoms with Gasteiger partial charge in [0.15, 0.2) is 0 Å². The first-order valence-corrected chi connectivity index (χ1v) is 5.94. The lowest BCUT2D eigenvalue weighted by Crippen LogP contribution is -2.03. The predicted octanol–water partition coefficient (Wildman–Crippen LogP) is 3.82. The van der Waals surface area contributed by atoms with Gasteiger partial charge in [0.05, 0.1) is 0 Å². The average molecular weight is 248 g/mol. The molecule has 1 heterocycles. The highest BCUT2D eigenvalue weighted by Gasteiger charge is 2.02. The lowest BCUT2D eigenvalue weighted by atomic mass is 9.99. The Hall–Kier alpha value is -1.54. The number of benzene rings is 1. The normalized spacial score (nSPS) is 10.8. The van der Waals surface area contributed by atoms with Crippen molar-refractivity contribution in [2.24, 2.45) is 0 Å². The molecule has 2 rings (SSSR count). The molecule has 0 saturated carbocycles. The van der Waals surface area contributed by atoms with E-state index in [4.69, 9.17) is 11.6 Å². The summed E-state index contributed by atoms with van der Waals surface area (Å²) in [6.07, 6.45) is 0. The molecule has 17 heavy (non-hydrogen) atoms. The molecule has 1 aromatic heterocycles. The third-order valence-electron chi connectivity index (χ3n) is 2.72. The van der Waals surface area contributed by atoms with Crippen LogP contribution in [0.4, 0.5) is 0 Å². The van der Waals surface area contributed by atoms with Crippen LogP contribution in [0.25, 0.3) is 11.1 Å². The Bertz CT molecular complexity index is 570. The number of pyridine rings is 1. The predicted molar refractivity (Wildman–Crippen MR) is 71.6 cm³/mol. The minimum atomic E-state index is -0.180. The number of H-pyrrole nitrogens is 1. The number of aromatic amines is 1. The monoisotopic (exact) mass is 247 g/mol. The van der Waals surface area contributed by atoms with E-state index in [0.29, 0.717) is 11.1 Å². The molecular weight excluding hydrogens is 234 g/mol. The standard InChI is InChI=1S/C14H14ClNO/c1-9(2)10-3-5-11(6-4-10)12-7-13(15)16-14(17)8-12/h3-9H,1-2H3,(H,16,17). The van der Waals surface area contributed by atoms with E-state index in [1.807, 2.05) is 12.1 Å². The van der Waals surface area contributed by atoms with Gasteiger partial charge in [0.25, 0.3) is 0 Å². The largest absolute Gasteiger partial charge is 0.313 e. The van der Waals surface area contributed by atoms with Crippen LogP contribution in [0.5, 0.6) is 0 Å². The van der Waals surface area contributed by atoms with E-state index in [1.165, 1.54) is 5.56 Å². The Morgan fingerprint density at radius 3 is 2.24 bits per heavy atom. The van der Waals surface area contributed by atoms with Crippen molar-refractivity contribution < 1.29 is 0 Å². The van der Waals surface area contributed by atoms with E-state index in [9.17, 15) is 4.79 Å². The van der Waals surface area contributed by atoms with Crippen LogP contribution in [0.3, 0.4) is 0 Å². The number of halogens is 1. The zero-order valence-corrected chi connectivity index (χ0v) is 10.6. The maximum absolute atomic E-state index is 11.3. The molecule has 0 unspecified atom stereocenters. The Morgan fingerprint density at radius 2 is 1.71 bits per heavy atom. The number of rotatable bonds is 2. The number of aromatic nitrogens is 1. The summed E-state index contributed by atoms with van der Waals surface area (Å²) in [7, 11) is 0. The molecule has 0 amide bonds. The fourth-order valence-corrected chi connectivity index (χ4v) is 1.95. The van der Waals surface area contributed by atoms with Crippen molar-refractivity contribution in [3.8, 4) is 11.1 Å². The smallest absolute Gasteiger partial charge is 0.249 e. The van der Waals surface area contributed by atoms with Crippen molar-refractivity contribution in [2.75, 3.05) is 0 Å². The first-order valence-electron chi connectivity index (χ1n) is 5.56. The Balaban J connectivity index is 2.43. The zero-order chi connectivity index (χ0) is 12.4. The molecule has 0 bridgehead atoms. The molecule has 0 radical (unpaired) electrons. The van der Waals surface area contributed by atoms with Crippen LogP contribution in [-0.2, 0) is 0 Å². The first-order chi connectivity index (χ1) is 8.06. The van der Waals surface area contributed by atoms with Crippen LogP contribution in [0.1, 0.15) is 25.3 Å². The molecule has 1 aromatic carbocycles. The van der Waals surface area contributed by atoms with E-state index in [1.54, 1.807) is 12.1 Å². The van der Waals surface area contributed by atoms with Gasteiger partial charge < -0.3 is 4.98 Å². The van der Waals surface area contributed by atoms with Gasteiger partial charge in [-0.25, -0.2) is 0 Å². The van der Waals surface area contributed by atoms with Gasteiger partial charge in [-0.2, -0.15) is 0 Å². The fraction of sp³-hybridized carbons (Fsp3) is 0.214. The molecular formula is C14H14ClNO. The van der Waals surface area contributed by atoms with Crippen LogP contribution < -0.4 is 5.56 Å². The van der Waals surface area contributed by atoms with Crippen LogP contribution in [-0.4, -0.2) is 4.98 Å². The summed E-state index contributed by atoms with van der Waals surface area (Å²) in [6, 6.07) is 11.5. The Labute approximate surface area is 105 Å². The van der Waals surface area contributed by atoms with Crippen molar-refractivity contribution in [1.82, 2.24) is 4.98 Å². The fourth-order valence-electron chi connectivity index (χ4n) is 1.74. The molecule has 0 spiro atoms. The van der Waals surface area contributed by atoms with E-state index in [2.05, 4.69) is 31.0 Å². The van der Waals surface area contributed by atoms with Gasteiger partial charge in [-0.15, -0.1) is 0 Å². The number of nitrogens with one attached hydrogen (secondary N) is 1. The Kier molecular flexibility index (Phi) is 3.34. The SMILES string of the molecule is CC(C)c1ccc(-c2cc(Cl)[nH]c(=O)c2)cc1. The first kappa shape index (κ1) is 11.9. The summed E-state index contributed by atoms with van der Waals surface area (Å²) in [5.41, 5.74) is 2.95. The Morgan fingerprint density at radius 1 is 1.06 bits per heavy atom. The average Bonchev–Trinajstić information content (AvgIpc) is 2.28. The van der Waals surface area contributed by atoms with Crippen molar-refractivity contribution in [2.45, 2.75) is 19.8 Å². The molecule has 3 heteroatoms. The van der Waals surface area contributed by atoms with Gasteiger partial charge in [-0.05, 0) is 28.7 Å². The maximum atomic E-state index is 11.3. The summed E-state index contributed by atoms with van der Waals surface area (Å²) in [5, 5.41) is 0.362. The van der Waals surface area contributed by atoms with Gasteiger partial charge in [0, 0.05) is 6.07 Å². The summed E-state index contributed by atoms with van der Waals surface area (Å²) in [6.45, 7) is 4.30. The molecule has 88 valence electrons. The van der Waals surface area contributed by atoms with E-state index >= 15 is 0 Å². The van der Waals surface area contributed by atoms with Crippen LogP contribution in [0.2, 0.25) is 5.15 Å². The molecule has 0 aliphatic heterocycles. The van der Waals surface area contributed by atoms with E-state index in [-0.39, 0.29) is 5.56 Å². The molecule has 0 atom stereocenters. The molecule has 2 nitrogen and oxygen atoms in total. The number of hydrogen-bond donors (Lipinski definition) is 1. The minimum absolute atomic E-state index is 0.180. The summed E-state index contributed by atoms with van der Waals surface area (Å²) >= 11 is 5.83. The third-order valence-corrected chi connectivity index (χ3v) is 2.93. The molecule has 2 aromatic rings. The van der Waals surface area contributed by atoms with E-state index in [0.717, 1.165) is 11.1 Å². The molecule has 0 fully saturated rings. The van der Waals surface area contributed by atoms with Crippen LogP contribution in [0, 0.1) is 0 Å². The van der Waals surface area contributed by atoms with Crippen LogP contribution in [0.15, 0.2) is 41.2 Å². The van der Waals surface area contributed by atoms with Gasteiger partial charge in [-0.1, -0.05) is 49.7 Å². The van der Waals surface area contributed by atoms with Gasteiger partial charge in [0.2, 0.25) is 5.56 Å². The summed E-state index contributed by atoms with van der Waals surface area (Å²) < 4.78 is 0.